The van der Waals surface area contributed by atoms with Crippen LogP contribution in [0.5, 0.6) is 0 Å². The summed E-state index contributed by atoms with van der Waals surface area (Å²) in [7, 11) is 4.23. The van der Waals surface area contributed by atoms with Gasteiger partial charge in [-0.3, -0.25) is 4.90 Å². The van der Waals surface area contributed by atoms with Gasteiger partial charge in [0.15, 0.2) is 0 Å². The molecule has 1 saturated heterocycles. The van der Waals surface area contributed by atoms with Crippen molar-refractivity contribution in [3.05, 3.63) is 18.0 Å². The maximum Gasteiger partial charge on any atom is 0.225 e. The van der Waals surface area contributed by atoms with Gasteiger partial charge in [0.05, 0.1) is 5.69 Å². The smallest absolute Gasteiger partial charge is 0.225 e. The predicted octanol–water partition coefficient (Wildman–Crippen LogP) is -0.381. The molecule has 0 aromatic carbocycles. The van der Waals surface area contributed by atoms with Gasteiger partial charge < -0.3 is 15.5 Å². The molecule has 0 amide bonds. The molecule has 2 N–H and O–H groups in total. The predicted molar refractivity (Wildman–Crippen MR) is 77.1 cm³/mol. The maximum atomic E-state index is 5.62. The molecule has 6 heteroatoms. The third-order valence-electron chi connectivity index (χ3n) is 3.43. The second kappa shape index (κ2) is 6.79. The van der Waals surface area contributed by atoms with Crippen molar-refractivity contribution < 1.29 is 0 Å². The Hall–Kier alpha value is -1.24. The van der Waals surface area contributed by atoms with Gasteiger partial charge >= 0.3 is 0 Å². The Balaban J connectivity index is 1.85. The summed E-state index contributed by atoms with van der Waals surface area (Å²) in [6, 6.07) is 1.87. The zero-order valence-electron chi connectivity index (χ0n) is 11.9. The Morgan fingerprint density at radius 3 is 2.63 bits per heavy atom. The summed E-state index contributed by atoms with van der Waals surface area (Å²) in [5.41, 5.74) is 6.52. The van der Waals surface area contributed by atoms with E-state index in [-0.39, 0.29) is 0 Å². The molecule has 0 saturated carbocycles. The molecule has 6 nitrogen and oxygen atoms in total. The first-order valence-corrected chi connectivity index (χ1v) is 6.83. The lowest BCUT2D eigenvalue weighted by atomic mass is 10.3. The van der Waals surface area contributed by atoms with Gasteiger partial charge in [0.25, 0.3) is 0 Å². The SMILES string of the molecule is CN(C)CCN1CCN(c2nccc(CN)n2)CC1. The molecule has 19 heavy (non-hydrogen) atoms. The third kappa shape index (κ3) is 4.12. The minimum absolute atomic E-state index is 0.471. The third-order valence-corrected chi connectivity index (χ3v) is 3.43. The average Bonchev–Trinajstić information content (AvgIpc) is 2.45. The minimum atomic E-state index is 0.471. The molecular formula is C13H24N6. The van der Waals surface area contributed by atoms with Crippen LogP contribution < -0.4 is 10.6 Å². The van der Waals surface area contributed by atoms with E-state index in [4.69, 9.17) is 5.73 Å². The van der Waals surface area contributed by atoms with Crippen LogP contribution in [-0.2, 0) is 6.54 Å². The average molecular weight is 264 g/mol. The van der Waals surface area contributed by atoms with Crippen LogP contribution in [0.2, 0.25) is 0 Å². The Kier molecular flexibility index (Phi) is 5.07. The van der Waals surface area contributed by atoms with Crippen molar-refractivity contribution in [3.63, 3.8) is 0 Å². The molecule has 0 spiro atoms. The number of nitrogens with two attached hydrogens (primary N) is 1. The summed E-state index contributed by atoms with van der Waals surface area (Å²) >= 11 is 0. The van der Waals surface area contributed by atoms with E-state index in [1.807, 2.05) is 6.07 Å². The Morgan fingerprint density at radius 2 is 2.00 bits per heavy atom. The molecule has 2 heterocycles. The Morgan fingerprint density at radius 1 is 1.26 bits per heavy atom. The number of likely N-dealkylation sites (N-methyl/N-ethyl adjacent to an activating group) is 1. The normalized spacial score (nSPS) is 17.2. The highest BCUT2D eigenvalue weighted by Crippen LogP contribution is 2.11. The Bertz CT molecular complexity index is 386. The fourth-order valence-electron chi connectivity index (χ4n) is 2.16. The van der Waals surface area contributed by atoms with Crippen LogP contribution in [0.25, 0.3) is 0 Å². The highest BCUT2D eigenvalue weighted by atomic mass is 15.3. The van der Waals surface area contributed by atoms with Gasteiger partial charge in [0, 0.05) is 52.0 Å². The molecule has 106 valence electrons. The first-order valence-electron chi connectivity index (χ1n) is 6.83. The molecule has 0 radical (unpaired) electrons. The van der Waals surface area contributed by atoms with Gasteiger partial charge in [-0.2, -0.15) is 0 Å². The molecule has 1 aromatic rings. The van der Waals surface area contributed by atoms with E-state index in [1.54, 1.807) is 6.20 Å². The highest BCUT2D eigenvalue weighted by Gasteiger charge is 2.18. The number of hydrogen-bond acceptors (Lipinski definition) is 6. The van der Waals surface area contributed by atoms with Gasteiger partial charge in [-0.1, -0.05) is 0 Å². The lowest BCUT2D eigenvalue weighted by Gasteiger charge is -2.35. The minimum Gasteiger partial charge on any atom is -0.338 e. The van der Waals surface area contributed by atoms with Crippen LogP contribution in [0, 0.1) is 0 Å². The lowest BCUT2D eigenvalue weighted by molar-refractivity contribution is 0.228. The summed E-state index contributed by atoms with van der Waals surface area (Å²) in [4.78, 5) is 15.8. The molecule has 1 aliphatic rings. The number of hydrogen-bond donors (Lipinski definition) is 1. The molecular weight excluding hydrogens is 240 g/mol. The number of piperazine rings is 1. The number of nitrogens with zero attached hydrogens (tertiary/aromatic N) is 5. The van der Waals surface area contributed by atoms with Crippen molar-refractivity contribution in [1.29, 1.82) is 0 Å². The Labute approximate surface area is 115 Å². The van der Waals surface area contributed by atoms with Gasteiger partial charge in [0.1, 0.15) is 0 Å². The van der Waals surface area contributed by atoms with Crippen molar-refractivity contribution in [2.75, 3.05) is 58.3 Å². The van der Waals surface area contributed by atoms with Crippen LogP contribution in [0.3, 0.4) is 0 Å². The van der Waals surface area contributed by atoms with Gasteiger partial charge in [-0.05, 0) is 20.2 Å². The second-order valence-corrected chi connectivity index (χ2v) is 5.18. The van der Waals surface area contributed by atoms with E-state index in [2.05, 4.69) is 38.8 Å². The van der Waals surface area contributed by atoms with Crippen molar-refractivity contribution in [3.8, 4) is 0 Å². The largest absolute Gasteiger partial charge is 0.338 e. The molecule has 1 aliphatic heterocycles. The van der Waals surface area contributed by atoms with Gasteiger partial charge in [-0.25, -0.2) is 9.97 Å². The fraction of sp³-hybridized carbons (Fsp3) is 0.692. The number of anilines is 1. The van der Waals surface area contributed by atoms with Crippen LogP contribution in [0.1, 0.15) is 5.69 Å². The van der Waals surface area contributed by atoms with Crippen LogP contribution in [0.4, 0.5) is 5.95 Å². The van der Waals surface area contributed by atoms with Crippen LogP contribution >= 0.6 is 0 Å². The highest BCUT2D eigenvalue weighted by molar-refractivity contribution is 5.31. The van der Waals surface area contributed by atoms with Crippen molar-refractivity contribution >= 4 is 5.95 Å². The lowest BCUT2D eigenvalue weighted by Crippen LogP contribution is -2.48. The van der Waals surface area contributed by atoms with Crippen molar-refractivity contribution in [2.45, 2.75) is 6.54 Å². The van der Waals surface area contributed by atoms with E-state index in [1.165, 1.54) is 0 Å². The monoisotopic (exact) mass is 264 g/mol. The molecule has 2 rings (SSSR count). The molecule has 0 atom stereocenters. The maximum absolute atomic E-state index is 5.62. The molecule has 1 fully saturated rings. The summed E-state index contributed by atoms with van der Waals surface area (Å²) in [6.07, 6.45) is 1.79. The molecule has 1 aromatic heterocycles. The number of rotatable bonds is 5. The van der Waals surface area contributed by atoms with Gasteiger partial charge in [0.2, 0.25) is 5.95 Å². The van der Waals surface area contributed by atoms with E-state index in [0.717, 1.165) is 50.9 Å². The molecule has 0 bridgehead atoms. The van der Waals surface area contributed by atoms with Crippen LogP contribution in [0.15, 0.2) is 12.3 Å². The standard InChI is InChI=1S/C13H24N6/c1-17(2)5-6-18-7-9-19(10-8-18)13-15-4-3-12(11-14)16-13/h3-4H,5-11,14H2,1-2H3. The first kappa shape index (κ1) is 14.2. The van der Waals surface area contributed by atoms with Gasteiger partial charge in [-0.15, -0.1) is 0 Å². The van der Waals surface area contributed by atoms with Crippen molar-refractivity contribution in [2.24, 2.45) is 5.73 Å². The summed E-state index contributed by atoms with van der Waals surface area (Å²) in [5, 5.41) is 0. The van der Waals surface area contributed by atoms with Crippen molar-refractivity contribution in [1.82, 2.24) is 19.8 Å². The summed E-state index contributed by atoms with van der Waals surface area (Å²) < 4.78 is 0. The van der Waals surface area contributed by atoms with E-state index in [0.29, 0.717) is 6.54 Å². The fourth-order valence-corrected chi connectivity index (χ4v) is 2.16. The zero-order valence-corrected chi connectivity index (χ0v) is 11.9. The van der Waals surface area contributed by atoms with E-state index >= 15 is 0 Å². The topological polar surface area (TPSA) is 61.5 Å². The molecule has 0 unspecified atom stereocenters. The number of aromatic nitrogens is 2. The quantitative estimate of drug-likeness (QED) is 0.782. The van der Waals surface area contributed by atoms with Crippen LogP contribution in [-0.4, -0.2) is 73.1 Å². The summed E-state index contributed by atoms with van der Waals surface area (Å²) in [6.45, 7) is 6.83. The summed E-state index contributed by atoms with van der Waals surface area (Å²) in [5.74, 6) is 0.815. The second-order valence-electron chi connectivity index (χ2n) is 5.18. The zero-order chi connectivity index (χ0) is 13.7. The van der Waals surface area contributed by atoms with E-state index in [9.17, 15) is 0 Å². The van der Waals surface area contributed by atoms with E-state index < -0.39 is 0 Å². The molecule has 0 aliphatic carbocycles. The first-order chi connectivity index (χ1) is 9.19.